The standard InChI is InChI=1S/C27H38BrN3O7/c1-5-9-15(2)30-11-8-6-7-10-19(33)29-13-17(4)37-26(36)20-21-24(34)31(16(3)14-32)23(25(30)35)27(21)12-18(28)22(20)38-27/h6,8,12,15-17,20-23,32H,5,7,9-11,13-14H2,1-4H3,(H,29,33)/b8-6-/t15?,16-,17+,20-,21+,22-,23-,27+/m1/s1. The number of carbonyl (C=O) groups excluding carboxylic acids is 4. The van der Waals surface area contributed by atoms with Crippen LogP contribution in [0.3, 0.4) is 0 Å². The van der Waals surface area contributed by atoms with Crippen LogP contribution in [0.25, 0.3) is 0 Å². The van der Waals surface area contributed by atoms with Crippen LogP contribution in [-0.2, 0) is 28.7 Å². The smallest absolute Gasteiger partial charge is 0.313 e. The van der Waals surface area contributed by atoms with Gasteiger partial charge in [-0.05, 0) is 39.7 Å². The molecule has 0 saturated carbocycles. The number of likely N-dealkylation sites (tertiary alicyclic amines) is 1. The van der Waals surface area contributed by atoms with Crippen molar-refractivity contribution >= 4 is 39.6 Å². The van der Waals surface area contributed by atoms with Gasteiger partial charge in [0.15, 0.2) is 0 Å². The molecule has 2 fully saturated rings. The van der Waals surface area contributed by atoms with Crippen molar-refractivity contribution in [1.29, 1.82) is 0 Å². The third-order valence-electron chi connectivity index (χ3n) is 8.04. The summed E-state index contributed by atoms with van der Waals surface area (Å²) < 4.78 is 12.7. The fourth-order valence-electron chi connectivity index (χ4n) is 6.17. The minimum absolute atomic E-state index is 0.132. The van der Waals surface area contributed by atoms with Crippen LogP contribution in [0.1, 0.15) is 53.4 Å². The van der Waals surface area contributed by atoms with Gasteiger partial charge in [-0.25, -0.2) is 0 Å². The Hall–Kier alpha value is -2.24. The number of aliphatic hydroxyl groups is 1. The molecular weight excluding hydrogens is 558 g/mol. The number of allylic oxidation sites excluding steroid dienone is 1. The largest absolute Gasteiger partial charge is 0.460 e. The monoisotopic (exact) mass is 595 g/mol. The molecule has 0 aromatic rings. The van der Waals surface area contributed by atoms with Gasteiger partial charge in [-0.1, -0.05) is 41.4 Å². The van der Waals surface area contributed by atoms with E-state index in [4.69, 9.17) is 9.47 Å². The Labute approximate surface area is 231 Å². The van der Waals surface area contributed by atoms with Gasteiger partial charge in [0.25, 0.3) is 0 Å². The van der Waals surface area contributed by atoms with Gasteiger partial charge in [0, 0.05) is 23.5 Å². The Balaban J connectivity index is 1.82. The lowest BCUT2D eigenvalue weighted by Crippen LogP contribution is -2.59. The summed E-state index contributed by atoms with van der Waals surface area (Å²) in [5.74, 6) is -3.43. The molecule has 210 valence electrons. The van der Waals surface area contributed by atoms with Gasteiger partial charge >= 0.3 is 5.97 Å². The van der Waals surface area contributed by atoms with Crippen LogP contribution in [0.5, 0.6) is 0 Å². The summed E-state index contributed by atoms with van der Waals surface area (Å²) in [4.78, 5) is 57.3. The SMILES string of the molecule is CCCC(C)N1C/C=C\CCC(=O)NC[C@H](C)OC(=O)[C@H]2[C@@H]3O[C@@]4(C=C3Br)[C@@H]2C(=O)N([C@H](C)CO)[C@@H]4C1=O. The molecular formula is C27H38BrN3O7. The van der Waals surface area contributed by atoms with Crippen molar-refractivity contribution in [3.8, 4) is 0 Å². The van der Waals surface area contributed by atoms with Gasteiger partial charge < -0.3 is 29.7 Å². The third-order valence-corrected chi connectivity index (χ3v) is 8.72. The number of fused-ring (bicyclic) bond motifs is 2. The van der Waals surface area contributed by atoms with E-state index in [9.17, 15) is 24.3 Å². The molecule has 8 atom stereocenters. The van der Waals surface area contributed by atoms with Crippen molar-refractivity contribution in [2.75, 3.05) is 19.7 Å². The van der Waals surface area contributed by atoms with E-state index in [1.54, 1.807) is 24.8 Å². The summed E-state index contributed by atoms with van der Waals surface area (Å²) in [6, 6.07) is -1.85. The van der Waals surface area contributed by atoms with E-state index in [0.29, 0.717) is 17.4 Å². The first-order valence-electron chi connectivity index (χ1n) is 13.5. The predicted molar refractivity (Wildman–Crippen MR) is 142 cm³/mol. The molecule has 0 aliphatic carbocycles. The molecule has 0 radical (unpaired) electrons. The fourth-order valence-corrected chi connectivity index (χ4v) is 6.91. The van der Waals surface area contributed by atoms with Crippen molar-refractivity contribution in [3.63, 3.8) is 0 Å². The van der Waals surface area contributed by atoms with E-state index >= 15 is 0 Å². The Morgan fingerprint density at radius 1 is 1.18 bits per heavy atom. The van der Waals surface area contributed by atoms with E-state index in [2.05, 4.69) is 21.2 Å². The average molecular weight is 597 g/mol. The Morgan fingerprint density at radius 2 is 1.92 bits per heavy atom. The molecule has 0 aromatic carbocycles. The topological polar surface area (TPSA) is 125 Å². The molecule has 2 N–H and O–H groups in total. The van der Waals surface area contributed by atoms with Gasteiger partial charge in [-0.3, -0.25) is 19.2 Å². The van der Waals surface area contributed by atoms with E-state index in [1.807, 2.05) is 26.0 Å². The Bertz CT molecular complexity index is 1030. The minimum atomic E-state index is -1.37. The fraction of sp³-hybridized carbons (Fsp3) is 0.704. The number of rotatable bonds is 5. The van der Waals surface area contributed by atoms with Gasteiger partial charge in [0.05, 0.1) is 25.1 Å². The van der Waals surface area contributed by atoms with Crippen molar-refractivity contribution in [3.05, 3.63) is 22.7 Å². The van der Waals surface area contributed by atoms with Gasteiger partial charge in [-0.2, -0.15) is 0 Å². The average Bonchev–Trinajstić information content (AvgIpc) is 3.47. The maximum absolute atomic E-state index is 14.4. The number of halogens is 1. The number of amides is 3. The summed E-state index contributed by atoms with van der Waals surface area (Å²) >= 11 is 3.52. The maximum atomic E-state index is 14.4. The number of ether oxygens (including phenoxy) is 2. The number of nitrogens with one attached hydrogen (secondary N) is 1. The number of nitrogens with zero attached hydrogens (tertiary/aromatic N) is 2. The molecule has 38 heavy (non-hydrogen) atoms. The van der Waals surface area contributed by atoms with Gasteiger partial charge in [-0.15, -0.1) is 0 Å². The molecule has 10 nitrogen and oxygen atoms in total. The summed E-state index contributed by atoms with van der Waals surface area (Å²) in [6.07, 6.45) is 6.50. The highest BCUT2D eigenvalue weighted by molar-refractivity contribution is 9.11. The molecule has 4 rings (SSSR count). The first-order valence-corrected chi connectivity index (χ1v) is 14.3. The van der Waals surface area contributed by atoms with Crippen LogP contribution in [0, 0.1) is 11.8 Å². The third kappa shape index (κ3) is 4.93. The van der Waals surface area contributed by atoms with Crippen molar-refractivity contribution < 1.29 is 33.8 Å². The zero-order valence-corrected chi connectivity index (χ0v) is 24.0. The lowest BCUT2D eigenvalue weighted by atomic mass is 9.74. The predicted octanol–water partition coefficient (Wildman–Crippen LogP) is 1.66. The molecule has 4 heterocycles. The molecule has 11 heteroatoms. The van der Waals surface area contributed by atoms with E-state index in [0.717, 1.165) is 12.8 Å². The molecule has 1 unspecified atom stereocenters. The normalized spacial score (nSPS) is 36.5. The van der Waals surface area contributed by atoms with Crippen LogP contribution >= 0.6 is 15.9 Å². The lowest BCUT2D eigenvalue weighted by Gasteiger charge is -2.39. The van der Waals surface area contributed by atoms with Gasteiger partial charge in [0.2, 0.25) is 17.7 Å². The Kier molecular flexibility index (Phi) is 8.68. The van der Waals surface area contributed by atoms with E-state index in [1.165, 1.54) is 4.90 Å². The van der Waals surface area contributed by atoms with Crippen molar-refractivity contribution in [2.45, 2.75) is 89.3 Å². The Morgan fingerprint density at radius 3 is 2.61 bits per heavy atom. The first-order chi connectivity index (χ1) is 18.1. The minimum Gasteiger partial charge on any atom is -0.460 e. The zero-order chi connectivity index (χ0) is 27.8. The van der Waals surface area contributed by atoms with Gasteiger partial charge in [0.1, 0.15) is 29.8 Å². The van der Waals surface area contributed by atoms with Crippen LogP contribution < -0.4 is 5.32 Å². The first kappa shape index (κ1) is 28.8. The van der Waals surface area contributed by atoms with Crippen LogP contribution in [0.15, 0.2) is 22.7 Å². The molecule has 0 aromatic heterocycles. The van der Waals surface area contributed by atoms with E-state index < -0.39 is 53.6 Å². The number of hydrogen-bond acceptors (Lipinski definition) is 7. The summed E-state index contributed by atoms with van der Waals surface area (Å²) in [5, 5.41) is 12.8. The second-order valence-corrected chi connectivity index (χ2v) is 11.7. The second kappa shape index (κ2) is 11.5. The highest BCUT2D eigenvalue weighted by atomic mass is 79.9. The molecule has 4 aliphatic rings. The van der Waals surface area contributed by atoms with Crippen molar-refractivity contribution in [1.82, 2.24) is 15.1 Å². The summed E-state index contributed by atoms with van der Waals surface area (Å²) in [6.45, 7) is 7.47. The number of cyclic esters (lactones) is 1. The number of esters is 1. The van der Waals surface area contributed by atoms with E-state index in [-0.39, 0.29) is 37.4 Å². The van der Waals surface area contributed by atoms with Crippen LogP contribution in [0.2, 0.25) is 0 Å². The molecule has 4 aliphatic heterocycles. The maximum Gasteiger partial charge on any atom is 0.313 e. The van der Waals surface area contributed by atoms with Crippen LogP contribution in [-0.4, -0.2) is 94.2 Å². The van der Waals surface area contributed by atoms with Crippen molar-refractivity contribution in [2.24, 2.45) is 11.8 Å². The molecule has 1 spiro atoms. The molecule has 2 saturated heterocycles. The highest BCUT2D eigenvalue weighted by Crippen LogP contribution is 2.59. The summed E-state index contributed by atoms with van der Waals surface area (Å²) in [5.41, 5.74) is -1.37. The summed E-state index contributed by atoms with van der Waals surface area (Å²) in [7, 11) is 0. The highest BCUT2D eigenvalue weighted by Gasteiger charge is 2.75. The lowest BCUT2D eigenvalue weighted by molar-refractivity contribution is -0.159. The quantitative estimate of drug-likeness (QED) is 0.365. The van der Waals surface area contributed by atoms with Crippen LogP contribution in [0.4, 0.5) is 0 Å². The second-order valence-electron chi connectivity index (χ2n) is 10.8. The number of aliphatic hydroxyl groups excluding tert-OH is 1. The molecule has 3 amide bonds. The zero-order valence-electron chi connectivity index (χ0n) is 22.4. The molecule has 5 bridgehead atoms. The number of hydrogen-bond donors (Lipinski definition) is 2. The number of carbonyl (C=O) groups is 4.